The average Bonchev–Trinajstić information content (AvgIpc) is 2.39. The van der Waals surface area contributed by atoms with E-state index in [9.17, 15) is 4.79 Å². The fourth-order valence-corrected chi connectivity index (χ4v) is 2.45. The van der Waals surface area contributed by atoms with E-state index in [4.69, 9.17) is 11.5 Å². The van der Waals surface area contributed by atoms with Crippen LogP contribution in [0.5, 0.6) is 0 Å². The van der Waals surface area contributed by atoms with E-state index in [1.165, 1.54) is 0 Å². The molecular formula is C14H22N4O. The fraction of sp³-hybridized carbons (Fsp3) is 0.500. The Morgan fingerprint density at radius 2 is 1.84 bits per heavy atom. The number of nitrogens with two attached hydrogens (primary N) is 2. The molecule has 0 aromatic heterocycles. The predicted octanol–water partition coefficient (Wildman–Crippen LogP) is 0.898. The Morgan fingerprint density at radius 1 is 1.21 bits per heavy atom. The standard InChI is InChI=1S/C14H22N4O/c1-10(2)17-5-7-18(8-6-17)11-3-4-13(15)12(9-11)14(16)19/h3-4,9-10H,5-8,15H2,1-2H3,(H2,16,19). The first-order chi connectivity index (χ1) is 8.99. The zero-order valence-corrected chi connectivity index (χ0v) is 11.6. The molecule has 0 bridgehead atoms. The molecule has 1 amide bonds. The molecule has 0 radical (unpaired) electrons. The highest BCUT2D eigenvalue weighted by Gasteiger charge is 2.19. The molecule has 1 heterocycles. The summed E-state index contributed by atoms with van der Waals surface area (Å²) < 4.78 is 0. The molecule has 0 atom stereocenters. The quantitative estimate of drug-likeness (QED) is 0.794. The first-order valence-electron chi connectivity index (χ1n) is 6.67. The monoisotopic (exact) mass is 262 g/mol. The second-order valence-corrected chi connectivity index (χ2v) is 5.25. The number of piperazine rings is 1. The molecule has 2 rings (SSSR count). The highest BCUT2D eigenvalue weighted by molar-refractivity contribution is 5.99. The summed E-state index contributed by atoms with van der Waals surface area (Å²) in [4.78, 5) is 16.0. The van der Waals surface area contributed by atoms with Crippen LogP contribution in [0.1, 0.15) is 24.2 Å². The summed E-state index contributed by atoms with van der Waals surface area (Å²) in [6.45, 7) is 8.41. The number of hydrogen-bond donors (Lipinski definition) is 2. The molecular weight excluding hydrogens is 240 g/mol. The lowest BCUT2D eigenvalue weighted by Gasteiger charge is -2.38. The summed E-state index contributed by atoms with van der Waals surface area (Å²) in [6, 6.07) is 6.08. The number of rotatable bonds is 3. The Hall–Kier alpha value is -1.75. The molecule has 19 heavy (non-hydrogen) atoms. The number of benzene rings is 1. The largest absolute Gasteiger partial charge is 0.398 e. The molecule has 1 aliphatic heterocycles. The zero-order chi connectivity index (χ0) is 14.0. The van der Waals surface area contributed by atoms with E-state index < -0.39 is 5.91 Å². The number of amides is 1. The zero-order valence-electron chi connectivity index (χ0n) is 11.6. The van der Waals surface area contributed by atoms with E-state index in [0.29, 0.717) is 17.3 Å². The lowest BCUT2D eigenvalue weighted by Crippen LogP contribution is -2.48. The van der Waals surface area contributed by atoms with Crippen molar-refractivity contribution in [3.8, 4) is 0 Å². The molecule has 1 aliphatic rings. The molecule has 0 unspecified atom stereocenters. The molecule has 4 N–H and O–H groups in total. The topological polar surface area (TPSA) is 75.6 Å². The number of anilines is 2. The summed E-state index contributed by atoms with van der Waals surface area (Å²) >= 11 is 0. The molecule has 104 valence electrons. The van der Waals surface area contributed by atoms with Gasteiger partial charge in [-0.25, -0.2) is 0 Å². The van der Waals surface area contributed by atoms with Crippen LogP contribution in [0.15, 0.2) is 18.2 Å². The van der Waals surface area contributed by atoms with Gasteiger partial charge in [0.05, 0.1) is 5.56 Å². The highest BCUT2D eigenvalue weighted by Crippen LogP contribution is 2.22. The molecule has 1 fully saturated rings. The predicted molar refractivity (Wildman–Crippen MR) is 78.3 cm³/mol. The first-order valence-corrected chi connectivity index (χ1v) is 6.67. The SMILES string of the molecule is CC(C)N1CCN(c2ccc(N)c(C(N)=O)c2)CC1. The van der Waals surface area contributed by atoms with Crippen molar-refractivity contribution in [1.29, 1.82) is 0 Å². The number of nitrogen functional groups attached to an aromatic ring is 1. The second-order valence-electron chi connectivity index (χ2n) is 5.25. The van der Waals surface area contributed by atoms with Crippen molar-refractivity contribution in [3.05, 3.63) is 23.8 Å². The minimum Gasteiger partial charge on any atom is -0.398 e. The van der Waals surface area contributed by atoms with Gasteiger partial charge in [0.15, 0.2) is 0 Å². The first kappa shape index (κ1) is 13.7. The van der Waals surface area contributed by atoms with Gasteiger partial charge in [-0.05, 0) is 32.0 Å². The average molecular weight is 262 g/mol. The number of nitrogens with zero attached hydrogens (tertiary/aromatic N) is 2. The fourth-order valence-electron chi connectivity index (χ4n) is 2.45. The normalized spacial score (nSPS) is 16.9. The van der Waals surface area contributed by atoms with Crippen LogP contribution in [-0.4, -0.2) is 43.0 Å². The van der Waals surface area contributed by atoms with Crippen LogP contribution in [0.2, 0.25) is 0 Å². The van der Waals surface area contributed by atoms with Crippen LogP contribution in [0.25, 0.3) is 0 Å². The second kappa shape index (κ2) is 5.48. The maximum absolute atomic E-state index is 11.3. The molecule has 5 nitrogen and oxygen atoms in total. The molecule has 1 aromatic rings. The molecule has 0 saturated carbocycles. The van der Waals surface area contributed by atoms with Crippen LogP contribution in [0.4, 0.5) is 11.4 Å². The number of carbonyl (C=O) groups is 1. The van der Waals surface area contributed by atoms with Crippen molar-refractivity contribution in [1.82, 2.24) is 4.90 Å². The lowest BCUT2D eigenvalue weighted by molar-refractivity contribution is 0.100. The van der Waals surface area contributed by atoms with Gasteiger partial charge in [0, 0.05) is 43.6 Å². The Kier molecular flexibility index (Phi) is 3.95. The van der Waals surface area contributed by atoms with Gasteiger partial charge in [-0.2, -0.15) is 0 Å². The van der Waals surface area contributed by atoms with Crippen molar-refractivity contribution in [2.45, 2.75) is 19.9 Å². The van der Waals surface area contributed by atoms with Crippen molar-refractivity contribution < 1.29 is 4.79 Å². The molecule has 0 aliphatic carbocycles. The van der Waals surface area contributed by atoms with Gasteiger partial charge in [-0.15, -0.1) is 0 Å². The number of primary amides is 1. The van der Waals surface area contributed by atoms with Crippen molar-refractivity contribution in [2.75, 3.05) is 36.8 Å². The molecule has 1 saturated heterocycles. The summed E-state index contributed by atoms with van der Waals surface area (Å²) in [6.07, 6.45) is 0. The van der Waals surface area contributed by atoms with E-state index in [0.717, 1.165) is 31.9 Å². The highest BCUT2D eigenvalue weighted by atomic mass is 16.1. The van der Waals surface area contributed by atoms with Crippen LogP contribution in [0.3, 0.4) is 0 Å². The maximum Gasteiger partial charge on any atom is 0.250 e. The minimum absolute atomic E-state index is 0.406. The van der Waals surface area contributed by atoms with E-state index in [2.05, 4.69) is 23.6 Å². The Balaban J connectivity index is 2.12. The van der Waals surface area contributed by atoms with E-state index in [-0.39, 0.29) is 0 Å². The van der Waals surface area contributed by atoms with Crippen molar-refractivity contribution >= 4 is 17.3 Å². The van der Waals surface area contributed by atoms with Crippen LogP contribution in [-0.2, 0) is 0 Å². The number of carbonyl (C=O) groups excluding carboxylic acids is 1. The van der Waals surface area contributed by atoms with Crippen molar-refractivity contribution in [3.63, 3.8) is 0 Å². The van der Waals surface area contributed by atoms with Gasteiger partial charge in [0.2, 0.25) is 0 Å². The minimum atomic E-state index is -0.472. The number of hydrogen-bond acceptors (Lipinski definition) is 4. The molecule has 1 aromatic carbocycles. The smallest absolute Gasteiger partial charge is 0.250 e. The summed E-state index contributed by atoms with van der Waals surface area (Å²) in [5, 5.41) is 0. The summed E-state index contributed by atoms with van der Waals surface area (Å²) in [5.74, 6) is -0.472. The Morgan fingerprint density at radius 3 is 2.37 bits per heavy atom. The molecule has 0 spiro atoms. The van der Waals surface area contributed by atoms with E-state index >= 15 is 0 Å². The third kappa shape index (κ3) is 2.98. The van der Waals surface area contributed by atoms with Gasteiger partial charge in [-0.3, -0.25) is 9.69 Å². The maximum atomic E-state index is 11.3. The third-order valence-electron chi connectivity index (χ3n) is 3.71. The summed E-state index contributed by atoms with van der Waals surface area (Å²) in [5.41, 5.74) is 13.0. The van der Waals surface area contributed by atoms with Gasteiger partial charge < -0.3 is 16.4 Å². The summed E-state index contributed by atoms with van der Waals surface area (Å²) in [7, 11) is 0. The Labute approximate surface area is 114 Å². The van der Waals surface area contributed by atoms with Gasteiger partial charge in [0.25, 0.3) is 5.91 Å². The van der Waals surface area contributed by atoms with Gasteiger partial charge in [-0.1, -0.05) is 0 Å². The van der Waals surface area contributed by atoms with Crippen molar-refractivity contribution in [2.24, 2.45) is 5.73 Å². The third-order valence-corrected chi connectivity index (χ3v) is 3.71. The van der Waals surface area contributed by atoms with Gasteiger partial charge in [0.1, 0.15) is 0 Å². The van der Waals surface area contributed by atoms with Crippen LogP contribution >= 0.6 is 0 Å². The Bertz CT molecular complexity index is 465. The molecule has 5 heteroatoms. The van der Waals surface area contributed by atoms with E-state index in [1.54, 1.807) is 12.1 Å². The lowest BCUT2D eigenvalue weighted by atomic mass is 10.1. The van der Waals surface area contributed by atoms with Crippen LogP contribution in [0, 0.1) is 0 Å². The van der Waals surface area contributed by atoms with E-state index in [1.807, 2.05) is 6.07 Å². The van der Waals surface area contributed by atoms with Crippen LogP contribution < -0.4 is 16.4 Å². The van der Waals surface area contributed by atoms with Gasteiger partial charge >= 0.3 is 0 Å².